The van der Waals surface area contributed by atoms with Crippen LogP contribution in [0.2, 0.25) is 0 Å². The van der Waals surface area contributed by atoms with Crippen molar-refractivity contribution in [2.45, 2.75) is 6.61 Å². The van der Waals surface area contributed by atoms with Gasteiger partial charge in [0, 0.05) is 6.54 Å². The third-order valence-corrected chi connectivity index (χ3v) is 2.00. The molecule has 0 aromatic heterocycles. The lowest BCUT2D eigenvalue weighted by atomic mass is 10.2. The molecule has 0 heterocycles. The SMILES string of the molecule is C=C(CN)COCc1cccc(OC)c1. The zero-order chi connectivity index (χ0) is 11.1. The van der Waals surface area contributed by atoms with Gasteiger partial charge < -0.3 is 15.2 Å². The first kappa shape index (κ1) is 11.8. The van der Waals surface area contributed by atoms with Crippen LogP contribution in [0.3, 0.4) is 0 Å². The van der Waals surface area contributed by atoms with Crippen LogP contribution in [0.4, 0.5) is 0 Å². The molecule has 0 unspecified atom stereocenters. The first-order valence-electron chi connectivity index (χ1n) is 4.83. The van der Waals surface area contributed by atoms with Crippen molar-refractivity contribution in [1.82, 2.24) is 0 Å². The minimum Gasteiger partial charge on any atom is -0.497 e. The molecule has 0 spiro atoms. The Kier molecular flexibility index (Phi) is 4.87. The number of methoxy groups -OCH3 is 1. The summed E-state index contributed by atoms with van der Waals surface area (Å²) in [5.41, 5.74) is 7.38. The number of benzene rings is 1. The van der Waals surface area contributed by atoms with Crippen LogP contribution >= 0.6 is 0 Å². The van der Waals surface area contributed by atoms with Crippen LogP contribution in [0.25, 0.3) is 0 Å². The topological polar surface area (TPSA) is 44.5 Å². The summed E-state index contributed by atoms with van der Waals surface area (Å²) in [6, 6.07) is 7.79. The molecule has 0 bridgehead atoms. The van der Waals surface area contributed by atoms with E-state index in [0.29, 0.717) is 19.8 Å². The largest absolute Gasteiger partial charge is 0.497 e. The zero-order valence-electron chi connectivity index (χ0n) is 9.03. The molecular formula is C12H17NO2. The van der Waals surface area contributed by atoms with E-state index in [-0.39, 0.29) is 0 Å². The lowest BCUT2D eigenvalue weighted by Gasteiger charge is -2.06. The van der Waals surface area contributed by atoms with E-state index in [0.717, 1.165) is 16.9 Å². The highest BCUT2D eigenvalue weighted by atomic mass is 16.5. The third kappa shape index (κ3) is 4.14. The van der Waals surface area contributed by atoms with Gasteiger partial charge in [-0.1, -0.05) is 18.7 Å². The number of ether oxygens (including phenoxy) is 2. The van der Waals surface area contributed by atoms with E-state index in [1.54, 1.807) is 7.11 Å². The molecule has 1 rings (SSSR count). The van der Waals surface area contributed by atoms with Gasteiger partial charge in [0.25, 0.3) is 0 Å². The Bertz CT molecular complexity index is 323. The van der Waals surface area contributed by atoms with Crippen LogP contribution in [-0.4, -0.2) is 20.3 Å². The molecule has 2 N–H and O–H groups in total. The van der Waals surface area contributed by atoms with Gasteiger partial charge in [-0.15, -0.1) is 0 Å². The minimum atomic E-state index is 0.470. The van der Waals surface area contributed by atoms with E-state index < -0.39 is 0 Å². The van der Waals surface area contributed by atoms with Gasteiger partial charge in [0.15, 0.2) is 0 Å². The fraction of sp³-hybridized carbons (Fsp3) is 0.333. The predicted molar refractivity (Wildman–Crippen MR) is 60.8 cm³/mol. The maximum absolute atomic E-state index is 5.44. The molecular weight excluding hydrogens is 190 g/mol. The predicted octanol–water partition coefficient (Wildman–Crippen LogP) is 1.73. The molecule has 3 nitrogen and oxygen atoms in total. The average Bonchev–Trinajstić information content (AvgIpc) is 2.29. The molecule has 15 heavy (non-hydrogen) atoms. The van der Waals surface area contributed by atoms with E-state index in [1.165, 1.54) is 0 Å². The van der Waals surface area contributed by atoms with Crippen molar-refractivity contribution in [3.8, 4) is 5.75 Å². The second kappa shape index (κ2) is 6.22. The second-order valence-corrected chi connectivity index (χ2v) is 3.30. The van der Waals surface area contributed by atoms with Crippen molar-refractivity contribution in [3.63, 3.8) is 0 Å². The molecule has 0 aliphatic rings. The van der Waals surface area contributed by atoms with E-state index in [1.807, 2.05) is 24.3 Å². The molecule has 0 aliphatic heterocycles. The number of hydrogen-bond donors (Lipinski definition) is 1. The summed E-state index contributed by atoms with van der Waals surface area (Å²) in [6.07, 6.45) is 0. The fourth-order valence-corrected chi connectivity index (χ4v) is 1.13. The van der Waals surface area contributed by atoms with Gasteiger partial charge >= 0.3 is 0 Å². The van der Waals surface area contributed by atoms with E-state index in [2.05, 4.69) is 6.58 Å². The molecule has 0 radical (unpaired) electrons. The Morgan fingerprint density at radius 3 is 2.93 bits per heavy atom. The van der Waals surface area contributed by atoms with Crippen LogP contribution in [0.5, 0.6) is 5.75 Å². The standard InChI is InChI=1S/C12H17NO2/c1-10(7-13)8-15-9-11-4-3-5-12(6-11)14-2/h3-6H,1,7-9,13H2,2H3. The van der Waals surface area contributed by atoms with Crippen LogP contribution in [0.15, 0.2) is 36.4 Å². The Morgan fingerprint density at radius 1 is 1.47 bits per heavy atom. The molecule has 0 fully saturated rings. The van der Waals surface area contributed by atoms with Crippen molar-refractivity contribution >= 4 is 0 Å². The summed E-state index contributed by atoms with van der Waals surface area (Å²) in [4.78, 5) is 0. The van der Waals surface area contributed by atoms with Crippen molar-refractivity contribution < 1.29 is 9.47 Å². The van der Waals surface area contributed by atoms with Gasteiger partial charge in [-0.2, -0.15) is 0 Å². The Hall–Kier alpha value is -1.32. The Morgan fingerprint density at radius 2 is 2.27 bits per heavy atom. The maximum atomic E-state index is 5.44. The minimum absolute atomic E-state index is 0.470. The highest BCUT2D eigenvalue weighted by Crippen LogP contribution is 2.13. The molecule has 0 saturated carbocycles. The summed E-state index contributed by atoms with van der Waals surface area (Å²) in [6.45, 7) is 5.29. The normalized spacial score (nSPS) is 10.0. The number of hydrogen-bond acceptors (Lipinski definition) is 3. The second-order valence-electron chi connectivity index (χ2n) is 3.30. The molecule has 0 aliphatic carbocycles. The van der Waals surface area contributed by atoms with Gasteiger partial charge in [-0.05, 0) is 23.3 Å². The molecule has 3 heteroatoms. The smallest absolute Gasteiger partial charge is 0.119 e. The molecule has 1 aromatic carbocycles. The van der Waals surface area contributed by atoms with E-state index in [9.17, 15) is 0 Å². The quantitative estimate of drug-likeness (QED) is 0.722. The zero-order valence-corrected chi connectivity index (χ0v) is 9.03. The van der Waals surface area contributed by atoms with Crippen molar-refractivity contribution in [2.24, 2.45) is 5.73 Å². The average molecular weight is 207 g/mol. The van der Waals surface area contributed by atoms with Crippen LogP contribution < -0.4 is 10.5 Å². The van der Waals surface area contributed by atoms with E-state index in [4.69, 9.17) is 15.2 Å². The number of rotatable bonds is 6. The molecule has 82 valence electrons. The van der Waals surface area contributed by atoms with Crippen LogP contribution in [-0.2, 0) is 11.3 Å². The van der Waals surface area contributed by atoms with Crippen molar-refractivity contribution in [1.29, 1.82) is 0 Å². The fourth-order valence-electron chi connectivity index (χ4n) is 1.13. The van der Waals surface area contributed by atoms with Gasteiger partial charge in [0.1, 0.15) is 5.75 Å². The van der Waals surface area contributed by atoms with Gasteiger partial charge in [0.2, 0.25) is 0 Å². The van der Waals surface area contributed by atoms with Crippen molar-refractivity contribution in [2.75, 3.05) is 20.3 Å². The van der Waals surface area contributed by atoms with E-state index >= 15 is 0 Å². The monoisotopic (exact) mass is 207 g/mol. The first-order chi connectivity index (χ1) is 7.26. The third-order valence-electron chi connectivity index (χ3n) is 2.00. The first-order valence-corrected chi connectivity index (χ1v) is 4.83. The molecule has 1 aromatic rings. The van der Waals surface area contributed by atoms with Crippen LogP contribution in [0.1, 0.15) is 5.56 Å². The summed E-state index contributed by atoms with van der Waals surface area (Å²) >= 11 is 0. The summed E-state index contributed by atoms with van der Waals surface area (Å²) in [5.74, 6) is 0.841. The molecule has 0 saturated heterocycles. The summed E-state index contributed by atoms with van der Waals surface area (Å²) in [5, 5.41) is 0. The lowest BCUT2D eigenvalue weighted by molar-refractivity contribution is 0.142. The maximum Gasteiger partial charge on any atom is 0.119 e. The highest BCUT2D eigenvalue weighted by molar-refractivity contribution is 5.27. The van der Waals surface area contributed by atoms with Gasteiger partial charge in [0.05, 0.1) is 20.3 Å². The molecule has 0 atom stereocenters. The number of nitrogens with two attached hydrogens (primary N) is 1. The Labute approximate surface area is 90.5 Å². The van der Waals surface area contributed by atoms with Crippen LogP contribution in [0, 0.1) is 0 Å². The summed E-state index contributed by atoms with van der Waals surface area (Å²) in [7, 11) is 1.65. The van der Waals surface area contributed by atoms with Gasteiger partial charge in [-0.3, -0.25) is 0 Å². The Balaban J connectivity index is 2.40. The molecule has 0 amide bonds. The highest BCUT2D eigenvalue weighted by Gasteiger charge is 1.96. The van der Waals surface area contributed by atoms with Gasteiger partial charge in [-0.25, -0.2) is 0 Å². The van der Waals surface area contributed by atoms with Crippen molar-refractivity contribution in [3.05, 3.63) is 42.0 Å². The lowest BCUT2D eigenvalue weighted by Crippen LogP contribution is -2.08. The summed E-state index contributed by atoms with van der Waals surface area (Å²) < 4.78 is 10.5.